The predicted octanol–water partition coefficient (Wildman–Crippen LogP) is 1.93. The molecular weight excluding hydrogens is 272 g/mol. The van der Waals surface area contributed by atoms with Gasteiger partial charge < -0.3 is 14.8 Å². The highest BCUT2D eigenvalue weighted by molar-refractivity contribution is 5.78. The molecule has 0 saturated heterocycles. The van der Waals surface area contributed by atoms with E-state index in [2.05, 4.69) is 5.32 Å². The standard InChI is InChI=1S/C15H28N2O4/c1-6-16-15(8-9-15)11-17(10-12(18)20-7-2)13(19)21-14(3,4)5/h16H,6-11H2,1-5H3. The van der Waals surface area contributed by atoms with Crippen molar-refractivity contribution in [3.05, 3.63) is 0 Å². The van der Waals surface area contributed by atoms with Gasteiger partial charge in [0.1, 0.15) is 12.1 Å². The molecule has 122 valence electrons. The van der Waals surface area contributed by atoms with E-state index in [1.165, 1.54) is 4.90 Å². The molecule has 0 atom stereocenters. The summed E-state index contributed by atoms with van der Waals surface area (Å²) >= 11 is 0. The van der Waals surface area contributed by atoms with Crippen molar-refractivity contribution < 1.29 is 19.1 Å². The highest BCUT2D eigenvalue weighted by Gasteiger charge is 2.45. The molecule has 0 aliphatic heterocycles. The van der Waals surface area contributed by atoms with Crippen LogP contribution in [0.3, 0.4) is 0 Å². The number of rotatable bonds is 7. The summed E-state index contributed by atoms with van der Waals surface area (Å²) in [7, 11) is 0. The van der Waals surface area contributed by atoms with Crippen LogP contribution in [0.5, 0.6) is 0 Å². The summed E-state index contributed by atoms with van der Waals surface area (Å²) in [5.41, 5.74) is -0.656. The fraction of sp³-hybridized carbons (Fsp3) is 0.867. The summed E-state index contributed by atoms with van der Waals surface area (Å²) in [6.45, 7) is 10.7. The second-order valence-electron chi connectivity index (χ2n) is 6.45. The number of amides is 1. The van der Waals surface area contributed by atoms with Gasteiger partial charge in [0.2, 0.25) is 0 Å². The molecule has 0 aromatic rings. The fourth-order valence-corrected chi connectivity index (χ4v) is 2.16. The number of likely N-dealkylation sites (N-methyl/N-ethyl adjacent to an activating group) is 1. The van der Waals surface area contributed by atoms with Gasteiger partial charge in [-0.05, 0) is 47.1 Å². The first-order chi connectivity index (χ1) is 9.71. The Hall–Kier alpha value is -1.30. The average molecular weight is 300 g/mol. The van der Waals surface area contributed by atoms with E-state index in [4.69, 9.17) is 9.47 Å². The van der Waals surface area contributed by atoms with E-state index in [0.717, 1.165) is 19.4 Å². The van der Waals surface area contributed by atoms with Crippen LogP contribution in [0.25, 0.3) is 0 Å². The van der Waals surface area contributed by atoms with Gasteiger partial charge in [-0.3, -0.25) is 9.69 Å². The van der Waals surface area contributed by atoms with Crippen LogP contribution in [0.15, 0.2) is 0 Å². The number of nitrogens with one attached hydrogen (secondary N) is 1. The first kappa shape index (κ1) is 17.8. The molecule has 0 aromatic heterocycles. The Bertz CT molecular complexity index is 372. The van der Waals surface area contributed by atoms with Crippen molar-refractivity contribution in [2.45, 2.75) is 58.6 Å². The summed E-state index contributed by atoms with van der Waals surface area (Å²) in [4.78, 5) is 25.4. The van der Waals surface area contributed by atoms with Gasteiger partial charge in [0, 0.05) is 12.1 Å². The molecule has 1 aliphatic rings. The molecule has 1 saturated carbocycles. The quantitative estimate of drug-likeness (QED) is 0.728. The van der Waals surface area contributed by atoms with Gasteiger partial charge in [-0.15, -0.1) is 0 Å². The van der Waals surface area contributed by atoms with E-state index in [9.17, 15) is 9.59 Å². The van der Waals surface area contributed by atoms with Crippen molar-refractivity contribution in [2.75, 3.05) is 26.2 Å². The molecule has 21 heavy (non-hydrogen) atoms. The molecule has 0 heterocycles. The third-order valence-electron chi connectivity index (χ3n) is 3.18. The molecule has 1 amide bonds. The summed E-state index contributed by atoms with van der Waals surface area (Å²) < 4.78 is 10.3. The Balaban J connectivity index is 2.70. The largest absolute Gasteiger partial charge is 0.465 e. The number of esters is 1. The maximum atomic E-state index is 12.3. The van der Waals surface area contributed by atoms with E-state index in [1.54, 1.807) is 6.92 Å². The summed E-state index contributed by atoms with van der Waals surface area (Å²) in [5, 5.41) is 3.38. The molecule has 1 fully saturated rings. The molecule has 0 radical (unpaired) electrons. The molecular formula is C15H28N2O4. The van der Waals surface area contributed by atoms with Crippen molar-refractivity contribution >= 4 is 12.1 Å². The highest BCUT2D eigenvalue weighted by atomic mass is 16.6. The number of ether oxygens (including phenoxy) is 2. The van der Waals surface area contributed by atoms with Crippen molar-refractivity contribution in [3.63, 3.8) is 0 Å². The van der Waals surface area contributed by atoms with E-state index in [-0.39, 0.29) is 12.1 Å². The van der Waals surface area contributed by atoms with Gasteiger partial charge in [-0.25, -0.2) is 4.79 Å². The van der Waals surface area contributed by atoms with Gasteiger partial charge in [-0.2, -0.15) is 0 Å². The third-order valence-corrected chi connectivity index (χ3v) is 3.18. The summed E-state index contributed by atoms with van der Waals surface area (Å²) in [6.07, 6.45) is 1.53. The van der Waals surface area contributed by atoms with Crippen LogP contribution < -0.4 is 5.32 Å². The lowest BCUT2D eigenvalue weighted by Gasteiger charge is -2.30. The Morgan fingerprint density at radius 3 is 2.29 bits per heavy atom. The Morgan fingerprint density at radius 1 is 1.24 bits per heavy atom. The van der Waals surface area contributed by atoms with Crippen LogP contribution in [-0.4, -0.2) is 54.3 Å². The molecule has 1 rings (SSSR count). The molecule has 6 nitrogen and oxygen atoms in total. The second-order valence-corrected chi connectivity index (χ2v) is 6.45. The van der Waals surface area contributed by atoms with Crippen LogP contribution in [-0.2, 0) is 14.3 Å². The average Bonchev–Trinajstić information content (AvgIpc) is 3.06. The van der Waals surface area contributed by atoms with Crippen LogP contribution in [0.2, 0.25) is 0 Å². The number of hydrogen-bond donors (Lipinski definition) is 1. The lowest BCUT2D eigenvalue weighted by atomic mass is 10.2. The molecule has 0 aromatic carbocycles. The summed E-state index contributed by atoms with van der Waals surface area (Å²) in [5.74, 6) is -0.407. The van der Waals surface area contributed by atoms with E-state index < -0.39 is 17.7 Å². The van der Waals surface area contributed by atoms with Gasteiger partial charge in [0.15, 0.2) is 0 Å². The second kappa shape index (κ2) is 7.11. The van der Waals surface area contributed by atoms with Crippen LogP contribution >= 0.6 is 0 Å². The third kappa shape index (κ3) is 6.33. The lowest BCUT2D eigenvalue weighted by molar-refractivity contribution is -0.144. The van der Waals surface area contributed by atoms with E-state index >= 15 is 0 Å². The number of nitrogens with zero attached hydrogens (tertiary/aromatic N) is 1. The van der Waals surface area contributed by atoms with E-state index in [0.29, 0.717) is 13.2 Å². The Kier molecular flexibility index (Phi) is 6.01. The van der Waals surface area contributed by atoms with Gasteiger partial charge in [0.05, 0.1) is 6.61 Å². The van der Waals surface area contributed by atoms with Crippen molar-refractivity contribution in [1.29, 1.82) is 0 Å². The zero-order chi connectivity index (χ0) is 16.1. The Morgan fingerprint density at radius 2 is 1.86 bits per heavy atom. The smallest absolute Gasteiger partial charge is 0.410 e. The SMILES string of the molecule is CCNC1(CN(CC(=O)OCC)C(=O)OC(C)(C)C)CC1. The normalized spacial score (nSPS) is 16.2. The minimum atomic E-state index is -0.584. The molecule has 1 aliphatic carbocycles. The minimum Gasteiger partial charge on any atom is -0.465 e. The summed E-state index contributed by atoms with van der Waals surface area (Å²) in [6, 6.07) is 0. The maximum absolute atomic E-state index is 12.3. The van der Waals surface area contributed by atoms with Crippen molar-refractivity contribution in [1.82, 2.24) is 10.2 Å². The zero-order valence-electron chi connectivity index (χ0n) is 13.8. The number of carbonyl (C=O) groups is 2. The van der Waals surface area contributed by atoms with Crippen molar-refractivity contribution in [2.24, 2.45) is 0 Å². The minimum absolute atomic E-state index is 0.0713. The fourth-order valence-electron chi connectivity index (χ4n) is 2.16. The Labute approximate surface area is 127 Å². The topological polar surface area (TPSA) is 67.9 Å². The van der Waals surface area contributed by atoms with Crippen LogP contribution in [0.4, 0.5) is 4.79 Å². The van der Waals surface area contributed by atoms with Gasteiger partial charge in [-0.1, -0.05) is 6.92 Å². The molecule has 1 N–H and O–H groups in total. The lowest BCUT2D eigenvalue weighted by Crippen LogP contribution is -2.49. The monoisotopic (exact) mass is 300 g/mol. The van der Waals surface area contributed by atoms with Gasteiger partial charge >= 0.3 is 12.1 Å². The molecule has 0 bridgehead atoms. The van der Waals surface area contributed by atoms with Crippen LogP contribution in [0, 0.1) is 0 Å². The van der Waals surface area contributed by atoms with Crippen molar-refractivity contribution in [3.8, 4) is 0 Å². The van der Waals surface area contributed by atoms with Gasteiger partial charge in [0.25, 0.3) is 0 Å². The molecule has 6 heteroatoms. The molecule has 0 unspecified atom stereocenters. The first-order valence-electron chi connectivity index (χ1n) is 7.60. The van der Waals surface area contributed by atoms with Crippen LogP contribution in [0.1, 0.15) is 47.5 Å². The molecule has 0 spiro atoms. The highest BCUT2D eigenvalue weighted by Crippen LogP contribution is 2.36. The van der Waals surface area contributed by atoms with E-state index in [1.807, 2.05) is 27.7 Å². The maximum Gasteiger partial charge on any atom is 0.410 e. The first-order valence-corrected chi connectivity index (χ1v) is 7.60. The zero-order valence-corrected chi connectivity index (χ0v) is 13.8. The predicted molar refractivity (Wildman–Crippen MR) is 80.1 cm³/mol. The number of carbonyl (C=O) groups excluding carboxylic acids is 2. The number of hydrogen-bond acceptors (Lipinski definition) is 5.